The van der Waals surface area contributed by atoms with E-state index in [4.69, 9.17) is 0 Å². The van der Waals surface area contributed by atoms with E-state index in [2.05, 4.69) is 5.10 Å². The Hall–Kier alpha value is -3.13. The van der Waals surface area contributed by atoms with Gasteiger partial charge in [0.15, 0.2) is 0 Å². The van der Waals surface area contributed by atoms with Crippen LogP contribution in [-0.4, -0.2) is 40.1 Å². The van der Waals surface area contributed by atoms with Gasteiger partial charge in [0, 0.05) is 36.6 Å². The summed E-state index contributed by atoms with van der Waals surface area (Å²) in [7, 11) is 1.79. The molecule has 0 radical (unpaired) electrons. The number of aryl methyl sites for hydroxylation is 1. The number of amides is 1. The van der Waals surface area contributed by atoms with Crippen molar-refractivity contribution in [1.82, 2.24) is 14.7 Å². The van der Waals surface area contributed by atoms with Crippen LogP contribution in [0.1, 0.15) is 11.1 Å². The first-order chi connectivity index (χ1) is 14.4. The molecule has 30 heavy (non-hydrogen) atoms. The highest BCUT2D eigenvalue weighted by atomic mass is 19.3. The Morgan fingerprint density at radius 3 is 2.60 bits per heavy atom. The van der Waals surface area contributed by atoms with Crippen LogP contribution in [-0.2, 0) is 24.9 Å². The maximum absolute atomic E-state index is 14.9. The van der Waals surface area contributed by atoms with Gasteiger partial charge >= 0.3 is 0 Å². The quantitative estimate of drug-likeness (QED) is 0.637. The number of nitrogens with zero attached hydrogens (tertiary/aromatic N) is 4. The zero-order valence-corrected chi connectivity index (χ0v) is 16.4. The summed E-state index contributed by atoms with van der Waals surface area (Å²) in [6.45, 7) is -0.362. The van der Waals surface area contributed by atoms with Crippen molar-refractivity contribution in [2.24, 2.45) is 7.05 Å². The highest BCUT2D eigenvalue weighted by molar-refractivity contribution is 5.96. The lowest BCUT2D eigenvalue weighted by atomic mass is 10.1. The molecule has 0 N–H and O–H groups in total. The van der Waals surface area contributed by atoms with E-state index < -0.39 is 18.8 Å². The molecule has 0 bridgehead atoms. The van der Waals surface area contributed by atoms with Crippen LogP contribution < -0.4 is 4.90 Å². The van der Waals surface area contributed by atoms with Gasteiger partial charge in [-0.3, -0.25) is 14.4 Å². The summed E-state index contributed by atoms with van der Waals surface area (Å²) in [5.74, 6) is -0.772. The van der Waals surface area contributed by atoms with Crippen LogP contribution in [0.5, 0.6) is 0 Å². The third-order valence-corrected chi connectivity index (χ3v) is 5.15. The summed E-state index contributed by atoms with van der Waals surface area (Å²) in [4.78, 5) is 15.8. The van der Waals surface area contributed by atoms with Gasteiger partial charge in [0.2, 0.25) is 5.91 Å². The van der Waals surface area contributed by atoms with Crippen molar-refractivity contribution in [3.63, 3.8) is 0 Å². The molecule has 0 saturated carbocycles. The predicted octanol–water partition coefficient (Wildman–Crippen LogP) is 3.84. The molecule has 0 saturated heterocycles. The van der Waals surface area contributed by atoms with Crippen molar-refractivity contribution < 1.29 is 18.0 Å². The van der Waals surface area contributed by atoms with Crippen LogP contribution >= 0.6 is 0 Å². The molecule has 2 aromatic carbocycles. The molecule has 0 spiro atoms. The van der Waals surface area contributed by atoms with E-state index in [1.165, 1.54) is 15.9 Å². The van der Waals surface area contributed by atoms with Crippen LogP contribution in [0.15, 0.2) is 54.9 Å². The molecule has 1 aromatic heterocycles. The summed E-state index contributed by atoms with van der Waals surface area (Å²) >= 11 is 0. The summed E-state index contributed by atoms with van der Waals surface area (Å²) in [6.07, 6.45) is 0.912. The van der Waals surface area contributed by atoms with Gasteiger partial charge in [-0.05, 0) is 23.3 Å². The van der Waals surface area contributed by atoms with Gasteiger partial charge in [-0.15, -0.1) is 0 Å². The normalized spacial score (nSPS) is 14.8. The molecule has 2 heterocycles. The molecular formula is C22H21F3N4O. The summed E-state index contributed by atoms with van der Waals surface area (Å²) in [5.41, 5.74) is 3.22. The Bertz CT molecular complexity index is 1070. The lowest BCUT2D eigenvalue weighted by Gasteiger charge is -2.23. The zero-order valence-electron chi connectivity index (χ0n) is 16.4. The molecule has 1 aliphatic rings. The largest absolute Gasteiger partial charge is 0.306 e. The lowest BCUT2D eigenvalue weighted by molar-refractivity contribution is -0.120. The fraction of sp³-hybridized carbons (Fsp3) is 0.273. The Morgan fingerprint density at radius 1 is 1.10 bits per heavy atom. The SMILES string of the molecule is Cn1cc(-c2ccc(CN3C(=O)CN(CC(F)F)Cc4ccccc43)c(F)c2)cn1. The Morgan fingerprint density at radius 2 is 1.90 bits per heavy atom. The van der Waals surface area contributed by atoms with Crippen molar-refractivity contribution in [1.29, 1.82) is 0 Å². The number of fused-ring (bicyclic) bond motifs is 1. The number of hydrogen-bond donors (Lipinski definition) is 0. The van der Waals surface area contributed by atoms with Gasteiger partial charge in [-0.2, -0.15) is 5.10 Å². The number of anilines is 1. The van der Waals surface area contributed by atoms with E-state index in [0.717, 1.165) is 11.1 Å². The van der Waals surface area contributed by atoms with Crippen molar-refractivity contribution in [3.8, 4) is 11.1 Å². The van der Waals surface area contributed by atoms with E-state index in [1.807, 2.05) is 0 Å². The molecular weight excluding hydrogens is 393 g/mol. The van der Waals surface area contributed by atoms with E-state index in [0.29, 0.717) is 16.8 Å². The minimum atomic E-state index is -2.53. The Kier molecular flexibility index (Phi) is 5.59. The summed E-state index contributed by atoms with van der Waals surface area (Å²) in [6, 6.07) is 12.0. The number of alkyl halides is 2. The van der Waals surface area contributed by atoms with Gasteiger partial charge < -0.3 is 4.90 Å². The third kappa shape index (κ3) is 4.23. The topological polar surface area (TPSA) is 41.4 Å². The minimum Gasteiger partial charge on any atom is -0.306 e. The molecule has 4 rings (SSSR count). The van der Waals surface area contributed by atoms with Crippen molar-refractivity contribution in [3.05, 3.63) is 71.8 Å². The van der Waals surface area contributed by atoms with Gasteiger partial charge in [-0.25, -0.2) is 13.2 Å². The van der Waals surface area contributed by atoms with Crippen molar-refractivity contribution in [2.45, 2.75) is 19.5 Å². The second kappa shape index (κ2) is 8.31. The standard InChI is InChI=1S/C22H21F3N4O/c1-27-10-18(9-26-27)15-6-7-16(19(23)8-15)12-29-20-5-3-2-4-17(20)11-28(13-21(24)25)14-22(29)30/h2-10,21H,11-14H2,1H3. The molecule has 8 heteroatoms. The summed E-state index contributed by atoms with van der Waals surface area (Å²) in [5, 5.41) is 4.09. The van der Waals surface area contributed by atoms with E-state index >= 15 is 0 Å². The maximum Gasteiger partial charge on any atom is 0.251 e. The van der Waals surface area contributed by atoms with Crippen LogP contribution in [0.25, 0.3) is 11.1 Å². The third-order valence-electron chi connectivity index (χ3n) is 5.15. The van der Waals surface area contributed by atoms with Gasteiger partial charge in [0.05, 0.1) is 25.8 Å². The smallest absolute Gasteiger partial charge is 0.251 e. The molecule has 1 aliphatic heterocycles. The Labute approximate surface area is 172 Å². The minimum absolute atomic E-state index is 0.0253. The average molecular weight is 414 g/mol. The second-order valence-electron chi connectivity index (χ2n) is 7.38. The molecule has 3 aromatic rings. The zero-order chi connectivity index (χ0) is 21.3. The van der Waals surface area contributed by atoms with Crippen LogP contribution in [0.4, 0.5) is 18.9 Å². The second-order valence-corrected chi connectivity index (χ2v) is 7.38. The highest BCUT2D eigenvalue weighted by Gasteiger charge is 2.28. The first-order valence-electron chi connectivity index (χ1n) is 9.57. The number of carbonyl (C=O) groups excluding carboxylic acids is 1. The van der Waals surface area contributed by atoms with Crippen LogP contribution in [0.3, 0.4) is 0 Å². The fourth-order valence-corrected chi connectivity index (χ4v) is 3.71. The Balaban J connectivity index is 1.63. The first-order valence-corrected chi connectivity index (χ1v) is 9.57. The van der Waals surface area contributed by atoms with E-state index in [1.54, 1.807) is 60.5 Å². The number of rotatable bonds is 5. The molecule has 5 nitrogen and oxygen atoms in total. The molecule has 0 atom stereocenters. The van der Waals surface area contributed by atoms with E-state index in [9.17, 15) is 18.0 Å². The molecule has 0 unspecified atom stereocenters. The van der Waals surface area contributed by atoms with Crippen LogP contribution in [0, 0.1) is 5.82 Å². The number of para-hydroxylation sites is 1. The van der Waals surface area contributed by atoms with Crippen molar-refractivity contribution in [2.75, 3.05) is 18.0 Å². The van der Waals surface area contributed by atoms with Gasteiger partial charge in [-0.1, -0.05) is 30.3 Å². The number of carbonyl (C=O) groups is 1. The van der Waals surface area contributed by atoms with E-state index in [-0.39, 0.29) is 25.5 Å². The van der Waals surface area contributed by atoms with Crippen molar-refractivity contribution >= 4 is 11.6 Å². The van der Waals surface area contributed by atoms with Gasteiger partial charge in [0.25, 0.3) is 6.43 Å². The maximum atomic E-state index is 14.9. The predicted molar refractivity (Wildman–Crippen MR) is 108 cm³/mol. The number of benzene rings is 2. The van der Waals surface area contributed by atoms with Crippen LogP contribution in [0.2, 0.25) is 0 Å². The molecule has 1 amide bonds. The molecule has 0 aliphatic carbocycles. The monoisotopic (exact) mass is 414 g/mol. The highest BCUT2D eigenvalue weighted by Crippen LogP contribution is 2.29. The lowest BCUT2D eigenvalue weighted by Crippen LogP contribution is -2.38. The number of aromatic nitrogens is 2. The first kappa shape index (κ1) is 20.2. The average Bonchev–Trinajstić information content (AvgIpc) is 3.08. The molecule has 156 valence electrons. The fourth-order valence-electron chi connectivity index (χ4n) is 3.71. The number of hydrogen-bond acceptors (Lipinski definition) is 3. The van der Waals surface area contributed by atoms with Gasteiger partial charge in [0.1, 0.15) is 5.82 Å². The molecule has 0 fully saturated rings. The number of halogens is 3. The summed E-state index contributed by atoms with van der Waals surface area (Å²) < 4.78 is 42.3.